The summed E-state index contributed by atoms with van der Waals surface area (Å²) in [5.41, 5.74) is 6.53. The van der Waals surface area contributed by atoms with Gasteiger partial charge in [-0.25, -0.2) is 4.39 Å². The Labute approximate surface area is 121 Å². The van der Waals surface area contributed by atoms with Crippen molar-refractivity contribution in [2.24, 2.45) is 5.73 Å². The number of hydrogen-bond donors (Lipinski definition) is 1. The van der Waals surface area contributed by atoms with E-state index in [-0.39, 0.29) is 22.8 Å². The molecule has 0 aromatic heterocycles. The highest BCUT2D eigenvalue weighted by Crippen LogP contribution is 2.43. The van der Waals surface area contributed by atoms with Crippen molar-refractivity contribution < 1.29 is 13.9 Å². The van der Waals surface area contributed by atoms with Crippen LogP contribution >= 0.6 is 0 Å². The third-order valence-corrected chi connectivity index (χ3v) is 3.82. The van der Waals surface area contributed by atoms with Gasteiger partial charge in [0.2, 0.25) is 5.88 Å². The quantitative estimate of drug-likeness (QED) is 0.860. The monoisotopic (exact) mass is 284 g/mol. The number of Topliss-reactive ketones (excluding diaryl/α,β-unsaturated/α-hetero) is 1. The van der Waals surface area contributed by atoms with E-state index in [0.717, 1.165) is 0 Å². The molecule has 0 spiro atoms. The van der Waals surface area contributed by atoms with E-state index < -0.39 is 11.7 Å². The Morgan fingerprint density at radius 1 is 1.33 bits per heavy atom. The molecule has 3 rings (SSSR count). The second-order valence-electron chi connectivity index (χ2n) is 5.06. The first kappa shape index (κ1) is 13.4. The summed E-state index contributed by atoms with van der Waals surface area (Å²) in [6.07, 6.45) is 1.63. The van der Waals surface area contributed by atoms with Gasteiger partial charge in [0.05, 0.1) is 5.92 Å². The number of nitrogens with zero attached hydrogens (tertiary/aromatic N) is 1. The fourth-order valence-corrected chi connectivity index (χ4v) is 2.88. The number of rotatable bonds is 1. The number of allylic oxidation sites excluding steroid dienone is 3. The zero-order chi connectivity index (χ0) is 15.0. The average Bonchev–Trinajstić information content (AvgIpc) is 2.47. The molecule has 2 N–H and O–H groups in total. The van der Waals surface area contributed by atoms with Gasteiger partial charge in [0.15, 0.2) is 5.78 Å². The van der Waals surface area contributed by atoms with Crippen molar-refractivity contribution in [2.75, 3.05) is 0 Å². The van der Waals surface area contributed by atoms with Crippen LogP contribution in [0.5, 0.6) is 0 Å². The summed E-state index contributed by atoms with van der Waals surface area (Å²) >= 11 is 0. The summed E-state index contributed by atoms with van der Waals surface area (Å²) in [4.78, 5) is 12.3. The molecule has 0 fully saturated rings. The maximum absolute atomic E-state index is 14.1. The molecule has 5 heteroatoms. The van der Waals surface area contributed by atoms with Crippen molar-refractivity contribution >= 4 is 5.78 Å². The third kappa shape index (κ3) is 2.09. The van der Waals surface area contributed by atoms with Crippen LogP contribution in [0.3, 0.4) is 0 Å². The number of hydrogen-bond acceptors (Lipinski definition) is 4. The van der Waals surface area contributed by atoms with Gasteiger partial charge < -0.3 is 10.5 Å². The molecule has 2 aliphatic rings. The summed E-state index contributed by atoms with van der Waals surface area (Å²) in [6, 6.07) is 8.08. The van der Waals surface area contributed by atoms with Crippen molar-refractivity contribution in [2.45, 2.75) is 25.2 Å². The molecule has 1 aromatic carbocycles. The molecule has 0 amide bonds. The largest absolute Gasteiger partial charge is 0.444 e. The Hall–Kier alpha value is -2.61. The first-order valence-corrected chi connectivity index (χ1v) is 6.71. The third-order valence-electron chi connectivity index (χ3n) is 3.82. The van der Waals surface area contributed by atoms with Crippen LogP contribution < -0.4 is 5.73 Å². The number of nitriles is 1. The molecule has 0 saturated heterocycles. The van der Waals surface area contributed by atoms with E-state index >= 15 is 0 Å². The summed E-state index contributed by atoms with van der Waals surface area (Å²) in [5.74, 6) is -0.914. The van der Waals surface area contributed by atoms with E-state index in [4.69, 9.17) is 10.5 Å². The van der Waals surface area contributed by atoms with Crippen molar-refractivity contribution in [3.05, 3.63) is 58.4 Å². The van der Waals surface area contributed by atoms with Crippen molar-refractivity contribution in [1.82, 2.24) is 0 Å². The molecule has 21 heavy (non-hydrogen) atoms. The molecular weight excluding hydrogens is 271 g/mol. The van der Waals surface area contributed by atoms with E-state index in [2.05, 4.69) is 0 Å². The van der Waals surface area contributed by atoms with Crippen molar-refractivity contribution in [1.29, 1.82) is 5.26 Å². The summed E-state index contributed by atoms with van der Waals surface area (Å²) < 4.78 is 19.6. The summed E-state index contributed by atoms with van der Waals surface area (Å²) in [5, 5.41) is 9.34. The number of benzene rings is 1. The van der Waals surface area contributed by atoms with Crippen LogP contribution in [0.4, 0.5) is 4.39 Å². The molecule has 1 aromatic rings. The Kier molecular flexibility index (Phi) is 3.22. The standard InChI is InChI=1S/C16H13FN2O2/c17-11-5-2-1-4-9(11)14-10(8-18)16(19)21-13-7-3-6-12(20)15(13)14/h1-2,4-5,14H,3,6-7,19H2/t14-/m0/s1. The molecule has 1 aliphatic heterocycles. The normalized spacial score (nSPS) is 21.7. The lowest BCUT2D eigenvalue weighted by Gasteiger charge is -2.31. The zero-order valence-electron chi connectivity index (χ0n) is 11.2. The number of carbonyl (C=O) groups excluding carboxylic acids is 1. The zero-order valence-corrected chi connectivity index (χ0v) is 11.2. The smallest absolute Gasteiger partial charge is 0.205 e. The number of nitrogens with two attached hydrogens (primary N) is 1. The molecule has 0 radical (unpaired) electrons. The lowest BCUT2D eigenvalue weighted by molar-refractivity contribution is -0.116. The minimum absolute atomic E-state index is 0.0424. The average molecular weight is 284 g/mol. The predicted molar refractivity (Wildman–Crippen MR) is 72.9 cm³/mol. The van der Waals surface area contributed by atoms with E-state index in [9.17, 15) is 14.4 Å². The van der Waals surface area contributed by atoms with Crippen molar-refractivity contribution in [3.63, 3.8) is 0 Å². The van der Waals surface area contributed by atoms with Crippen LogP contribution in [0.1, 0.15) is 30.7 Å². The fourth-order valence-electron chi connectivity index (χ4n) is 2.88. The Morgan fingerprint density at radius 2 is 2.10 bits per heavy atom. The van der Waals surface area contributed by atoms with Gasteiger partial charge in [-0.1, -0.05) is 18.2 Å². The van der Waals surface area contributed by atoms with Crippen LogP contribution in [0.2, 0.25) is 0 Å². The number of carbonyl (C=O) groups is 1. The predicted octanol–water partition coefficient (Wildman–Crippen LogP) is 2.64. The van der Waals surface area contributed by atoms with Gasteiger partial charge in [0, 0.05) is 24.0 Å². The van der Waals surface area contributed by atoms with E-state index in [1.807, 2.05) is 6.07 Å². The second-order valence-corrected chi connectivity index (χ2v) is 5.06. The number of ether oxygens (including phenoxy) is 1. The molecule has 1 aliphatic carbocycles. The highest BCUT2D eigenvalue weighted by molar-refractivity contribution is 5.99. The molecule has 0 bridgehead atoms. The number of halogens is 1. The second kappa shape index (κ2) is 5.06. The van der Waals surface area contributed by atoms with Crippen LogP contribution in [0.15, 0.2) is 47.1 Å². The van der Waals surface area contributed by atoms with Gasteiger partial charge >= 0.3 is 0 Å². The first-order valence-electron chi connectivity index (χ1n) is 6.71. The van der Waals surface area contributed by atoms with E-state index in [1.165, 1.54) is 6.07 Å². The molecule has 4 nitrogen and oxygen atoms in total. The molecule has 0 unspecified atom stereocenters. The molecule has 106 valence electrons. The molecule has 1 heterocycles. The van der Waals surface area contributed by atoms with Crippen molar-refractivity contribution in [3.8, 4) is 6.07 Å². The molecule has 1 atom stereocenters. The number of ketones is 1. The lowest BCUT2D eigenvalue weighted by atomic mass is 9.77. The van der Waals surface area contributed by atoms with E-state index in [1.54, 1.807) is 18.2 Å². The van der Waals surface area contributed by atoms with Crippen LogP contribution in [0, 0.1) is 17.1 Å². The SMILES string of the molecule is N#CC1=C(N)OC2=C(C(=O)CCC2)[C@H]1c1ccccc1F. The topological polar surface area (TPSA) is 76.1 Å². The van der Waals surface area contributed by atoms with Gasteiger partial charge in [-0.3, -0.25) is 4.79 Å². The maximum atomic E-state index is 14.1. The van der Waals surface area contributed by atoms with Crippen LogP contribution in [-0.2, 0) is 9.53 Å². The van der Waals surface area contributed by atoms with Gasteiger partial charge in [0.25, 0.3) is 0 Å². The van der Waals surface area contributed by atoms with Gasteiger partial charge in [-0.15, -0.1) is 0 Å². The minimum atomic E-state index is -0.771. The van der Waals surface area contributed by atoms with Crippen LogP contribution in [0.25, 0.3) is 0 Å². The van der Waals surface area contributed by atoms with Crippen LogP contribution in [-0.4, -0.2) is 5.78 Å². The Balaban J connectivity index is 2.23. The maximum Gasteiger partial charge on any atom is 0.205 e. The minimum Gasteiger partial charge on any atom is -0.444 e. The highest BCUT2D eigenvalue weighted by atomic mass is 19.1. The molecular formula is C16H13FN2O2. The Morgan fingerprint density at radius 3 is 2.81 bits per heavy atom. The van der Waals surface area contributed by atoms with Gasteiger partial charge in [-0.2, -0.15) is 5.26 Å². The van der Waals surface area contributed by atoms with E-state index in [0.29, 0.717) is 30.6 Å². The fraction of sp³-hybridized carbons (Fsp3) is 0.250. The lowest BCUT2D eigenvalue weighted by Crippen LogP contribution is -2.27. The first-order chi connectivity index (χ1) is 10.1. The highest BCUT2D eigenvalue weighted by Gasteiger charge is 2.38. The van der Waals surface area contributed by atoms with Gasteiger partial charge in [0.1, 0.15) is 23.2 Å². The van der Waals surface area contributed by atoms with Gasteiger partial charge in [-0.05, 0) is 12.5 Å². The summed E-state index contributed by atoms with van der Waals surface area (Å²) in [7, 11) is 0. The Bertz CT molecular complexity index is 728. The molecule has 0 saturated carbocycles. The summed E-state index contributed by atoms with van der Waals surface area (Å²) in [6.45, 7) is 0.